The van der Waals surface area contributed by atoms with Crippen molar-refractivity contribution < 1.29 is 9.90 Å². The minimum atomic E-state index is -0.753. The third-order valence-corrected chi connectivity index (χ3v) is 4.35. The molecule has 0 bridgehead atoms. The number of nitrogens with zero attached hydrogens (tertiary/aromatic N) is 2. The fraction of sp³-hybridized carbons (Fsp3) is 0.923. The molecule has 0 atom stereocenters. The molecule has 0 aromatic heterocycles. The molecule has 1 amide bonds. The van der Waals surface area contributed by atoms with Crippen molar-refractivity contribution in [2.45, 2.75) is 57.5 Å². The van der Waals surface area contributed by atoms with Gasteiger partial charge in [-0.3, -0.25) is 0 Å². The van der Waals surface area contributed by atoms with Crippen molar-refractivity contribution >= 4 is 6.09 Å². The van der Waals surface area contributed by atoms with Gasteiger partial charge in [0.05, 0.1) is 0 Å². The molecule has 0 radical (unpaired) electrons. The Labute approximate surface area is 104 Å². The summed E-state index contributed by atoms with van der Waals surface area (Å²) in [4.78, 5) is 15.3. The lowest BCUT2D eigenvalue weighted by atomic mass is 9.89. The molecule has 2 aliphatic rings. The first-order chi connectivity index (χ1) is 8.22. The largest absolute Gasteiger partial charge is 0.465 e. The molecule has 1 aliphatic heterocycles. The van der Waals surface area contributed by atoms with Gasteiger partial charge in [-0.25, -0.2) is 4.79 Å². The minimum absolute atomic E-state index is 0.261. The Morgan fingerprint density at radius 1 is 1.24 bits per heavy atom. The van der Waals surface area contributed by atoms with Crippen molar-refractivity contribution in [3.8, 4) is 0 Å². The fourth-order valence-electron chi connectivity index (χ4n) is 3.39. The predicted octanol–water partition coefficient (Wildman–Crippen LogP) is 2.39. The van der Waals surface area contributed by atoms with Gasteiger partial charge in [0.25, 0.3) is 0 Å². The lowest BCUT2D eigenvalue weighted by Gasteiger charge is -2.38. The maximum atomic E-state index is 11.1. The highest BCUT2D eigenvalue weighted by Crippen LogP contribution is 2.28. The van der Waals surface area contributed by atoms with E-state index in [4.69, 9.17) is 5.11 Å². The van der Waals surface area contributed by atoms with Crippen LogP contribution in [0.2, 0.25) is 0 Å². The van der Waals surface area contributed by atoms with Crippen molar-refractivity contribution in [1.82, 2.24) is 9.80 Å². The Bertz CT molecular complexity index is 256. The minimum Gasteiger partial charge on any atom is -0.465 e. The van der Waals surface area contributed by atoms with E-state index in [2.05, 4.69) is 4.90 Å². The number of hydrogen-bond donors (Lipinski definition) is 1. The Kier molecular flexibility index (Phi) is 4.26. The Balaban J connectivity index is 1.82. The van der Waals surface area contributed by atoms with Crippen LogP contribution < -0.4 is 0 Å². The number of carbonyl (C=O) groups is 1. The van der Waals surface area contributed by atoms with Crippen LogP contribution in [0.5, 0.6) is 0 Å². The van der Waals surface area contributed by atoms with Crippen LogP contribution in [-0.4, -0.2) is 52.7 Å². The first-order valence-corrected chi connectivity index (χ1v) is 6.96. The molecule has 0 aromatic rings. The molecule has 98 valence electrons. The fourth-order valence-corrected chi connectivity index (χ4v) is 3.39. The molecule has 0 unspecified atom stereocenters. The molecule has 0 spiro atoms. The number of likely N-dealkylation sites (tertiary alicyclic amines) is 1. The van der Waals surface area contributed by atoms with E-state index in [1.54, 1.807) is 4.90 Å². The number of amides is 1. The third-order valence-electron chi connectivity index (χ3n) is 4.35. The summed E-state index contributed by atoms with van der Waals surface area (Å²) in [6.45, 7) is 5.06. The van der Waals surface area contributed by atoms with E-state index in [9.17, 15) is 4.79 Å². The molecule has 1 aliphatic carbocycles. The standard InChI is InChI=1S/C13H24N2O2/c1-2-15(13(16)17)12-7-5-11(6-8-12)14-9-3-4-10-14/h11-12H,2-10H2,1H3,(H,16,17). The van der Waals surface area contributed by atoms with Gasteiger partial charge in [-0.15, -0.1) is 0 Å². The summed E-state index contributed by atoms with van der Waals surface area (Å²) in [6.07, 6.45) is 6.37. The van der Waals surface area contributed by atoms with Gasteiger partial charge in [0.15, 0.2) is 0 Å². The molecule has 1 saturated heterocycles. The van der Waals surface area contributed by atoms with Crippen LogP contribution in [-0.2, 0) is 0 Å². The maximum absolute atomic E-state index is 11.1. The molecule has 1 heterocycles. The monoisotopic (exact) mass is 240 g/mol. The van der Waals surface area contributed by atoms with Gasteiger partial charge in [-0.2, -0.15) is 0 Å². The lowest BCUT2D eigenvalue weighted by Crippen LogP contribution is -2.45. The maximum Gasteiger partial charge on any atom is 0.407 e. The molecule has 1 saturated carbocycles. The Hall–Kier alpha value is -0.770. The highest BCUT2D eigenvalue weighted by atomic mass is 16.4. The van der Waals surface area contributed by atoms with Crippen LogP contribution in [0.3, 0.4) is 0 Å². The van der Waals surface area contributed by atoms with E-state index in [1.807, 2.05) is 6.92 Å². The van der Waals surface area contributed by atoms with E-state index >= 15 is 0 Å². The second-order valence-electron chi connectivity index (χ2n) is 5.27. The van der Waals surface area contributed by atoms with E-state index in [0.717, 1.165) is 18.9 Å². The topological polar surface area (TPSA) is 43.8 Å². The second kappa shape index (κ2) is 5.71. The zero-order valence-corrected chi connectivity index (χ0v) is 10.8. The molecule has 2 fully saturated rings. The smallest absolute Gasteiger partial charge is 0.407 e. The van der Waals surface area contributed by atoms with Crippen molar-refractivity contribution in [1.29, 1.82) is 0 Å². The van der Waals surface area contributed by atoms with Gasteiger partial charge >= 0.3 is 6.09 Å². The van der Waals surface area contributed by atoms with Gasteiger partial charge in [0.1, 0.15) is 0 Å². The normalized spacial score (nSPS) is 30.4. The first-order valence-electron chi connectivity index (χ1n) is 6.96. The molecule has 1 N–H and O–H groups in total. The van der Waals surface area contributed by atoms with Crippen LogP contribution in [0.1, 0.15) is 45.4 Å². The third kappa shape index (κ3) is 2.92. The van der Waals surface area contributed by atoms with Crippen molar-refractivity contribution in [3.63, 3.8) is 0 Å². The lowest BCUT2D eigenvalue weighted by molar-refractivity contribution is 0.0938. The predicted molar refractivity (Wildman–Crippen MR) is 67.3 cm³/mol. The van der Waals surface area contributed by atoms with E-state index in [-0.39, 0.29) is 6.04 Å². The summed E-state index contributed by atoms with van der Waals surface area (Å²) >= 11 is 0. The SMILES string of the molecule is CCN(C(=O)O)C1CCC(N2CCCC2)CC1. The quantitative estimate of drug-likeness (QED) is 0.823. The van der Waals surface area contributed by atoms with Crippen LogP contribution >= 0.6 is 0 Å². The summed E-state index contributed by atoms with van der Waals surface area (Å²) in [5.74, 6) is 0. The first kappa shape index (κ1) is 12.7. The summed E-state index contributed by atoms with van der Waals surface area (Å²) in [7, 11) is 0. The highest BCUT2D eigenvalue weighted by Gasteiger charge is 2.31. The van der Waals surface area contributed by atoms with Crippen molar-refractivity contribution in [2.24, 2.45) is 0 Å². The van der Waals surface area contributed by atoms with Crippen LogP contribution in [0, 0.1) is 0 Å². The van der Waals surface area contributed by atoms with Crippen molar-refractivity contribution in [3.05, 3.63) is 0 Å². The molecule has 2 rings (SSSR count). The zero-order chi connectivity index (χ0) is 12.3. The highest BCUT2D eigenvalue weighted by molar-refractivity contribution is 5.65. The van der Waals surface area contributed by atoms with Crippen molar-refractivity contribution in [2.75, 3.05) is 19.6 Å². The van der Waals surface area contributed by atoms with Gasteiger partial charge in [0.2, 0.25) is 0 Å². The molecule has 4 nitrogen and oxygen atoms in total. The number of rotatable bonds is 3. The summed E-state index contributed by atoms with van der Waals surface area (Å²) in [5.41, 5.74) is 0. The molecular weight excluding hydrogens is 216 g/mol. The summed E-state index contributed by atoms with van der Waals surface area (Å²) < 4.78 is 0. The Morgan fingerprint density at radius 3 is 2.29 bits per heavy atom. The molecule has 4 heteroatoms. The van der Waals surface area contributed by atoms with Gasteiger partial charge in [-0.1, -0.05) is 0 Å². The van der Waals surface area contributed by atoms with Crippen LogP contribution in [0.15, 0.2) is 0 Å². The van der Waals surface area contributed by atoms with Crippen LogP contribution in [0.25, 0.3) is 0 Å². The van der Waals surface area contributed by atoms with E-state index < -0.39 is 6.09 Å². The van der Waals surface area contributed by atoms with Gasteiger partial charge in [0, 0.05) is 18.6 Å². The average molecular weight is 240 g/mol. The van der Waals surface area contributed by atoms with E-state index in [0.29, 0.717) is 6.54 Å². The number of hydrogen-bond acceptors (Lipinski definition) is 2. The van der Waals surface area contributed by atoms with Gasteiger partial charge < -0.3 is 14.9 Å². The average Bonchev–Trinajstić information content (AvgIpc) is 2.84. The Morgan fingerprint density at radius 2 is 1.82 bits per heavy atom. The number of carboxylic acid groups (broad SMARTS) is 1. The summed E-state index contributed by atoms with van der Waals surface area (Å²) in [6, 6.07) is 0.984. The molecule has 0 aromatic carbocycles. The summed E-state index contributed by atoms with van der Waals surface area (Å²) in [5, 5.41) is 9.12. The van der Waals surface area contributed by atoms with Gasteiger partial charge in [-0.05, 0) is 58.5 Å². The van der Waals surface area contributed by atoms with Crippen LogP contribution in [0.4, 0.5) is 4.79 Å². The van der Waals surface area contributed by atoms with E-state index in [1.165, 1.54) is 38.8 Å². The molecular formula is C13H24N2O2. The second-order valence-corrected chi connectivity index (χ2v) is 5.27. The zero-order valence-electron chi connectivity index (χ0n) is 10.8. The molecule has 17 heavy (non-hydrogen) atoms.